The number of halogens is 4. The minimum atomic E-state index is -4.60. The molecule has 3 amide bonds. The summed E-state index contributed by atoms with van der Waals surface area (Å²) in [5.74, 6) is -1.93. The number of nitrogens with one attached hydrogen (secondary N) is 5. The Balaban J connectivity index is 1.04. The Morgan fingerprint density at radius 2 is 1.41 bits per heavy atom. The van der Waals surface area contributed by atoms with E-state index in [4.69, 9.17) is 16.3 Å². The third-order valence-corrected chi connectivity index (χ3v) is 8.85. The summed E-state index contributed by atoms with van der Waals surface area (Å²) in [6, 6.07) is 20.1. The zero-order chi connectivity index (χ0) is 36.2. The molecule has 5 N–H and O–H groups in total. The number of carbonyl (C=O) groups excluding carboxylic acids is 3. The second-order valence-electron chi connectivity index (χ2n) is 12.8. The molecule has 0 bridgehead atoms. The van der Waals surface area contributed by atoms with Crippen molar-refractivity contribution >= 4 is 52.6 Å². The Morgan fingerprint density at radius 3 is 2.04 bits per heavy atom. The molecule has 51 heavy (non-hydrogen) atoms. The fourth-order valence-corrected chi connectivity index (χ4v) is 5.37. The number of alkyl halides is 3. The maximum absolute atomic E-state index is 12.9. The average molecular weight is 723 g/mol. The van der Waals surface area contributed by atoms with Crippen LogP contribution in [0.25, 0.3) is 0 Å². The molecule has 0 spiro atoms. The maximum Gasteiger partial charge on any atom is 0.422 e. The molecule has 2 aliphatic carbocycles. The minimum absolute atomic E-state index is 0.0187. The highest BCUT2D eigenvalue weighted by Crippen LogP contribution is 2.48. The van der Waals surface area contributed by atoms with Crippen molar-refractivity contribution in [2.45, 2.75) is 44.3 Å². The number of amides is 3. The molecule has 0 saturated heterocycles. The summed E-state index contributed by atoms with van der Waals surface area (Å²) in [6.07, 6.45) is -1.57. The monoisotopic (exact) mass is 722 g/mol. The number of anilines is 4. The summed E-state index contributed by atoms with van der Waals surface area (Å²) in [5.41, 5.74) is 2.41. The van der Waals surface area contributed by atoms with Crippen molar-refractivity contribution in [3.63, 3.8) is 0 Å². The second kappa shape index (κ2) is 14.4. The van der Waals surface area contributed by atoms with Crippen molar-refractivity contribution in [3.8, 4) is 6.01 Å². The molecule has 0 radical (unpaired) electrons. The Bertz CT molecular complexity index is 1900. The molecule has 16 heteroatoms. The zero-order valence-corrected chi connectivity index (χ0v) is 28.1. The van der Waals surface area contributed by atoms with E-state index in [-0.39, 0.29) is 29.8 Å². The molecular formula is C35H34ClF3N8O4. The Kier molecular flexibility index (Phi) is 10.0. The molecule has 266 valence electrons. The highest BCUT2D eigenvalue weighted by molar-refractivity contribution is 6.39. The van der Waals surface area contributed by atoms with E-state index in [2.05, 4.69) is 41.5 Å². The third-order valence-electron chi connectivity index (χ3n) is 8.60. The van der Waals surface area contributed by atoms with Gasteiger partial charge in [-0.3, -0.25) is 14.4 Å². The van der Waals surface area contributed by atoms with E-state index in [1.54, 1.807) is 48.5 Å². The van der Waals surface area contributed by atoms with E-state index >= 15 is 0 Å². The molecule has 0 aliphatic heterocycles. The Morgan fingerprint density at radius 1 is 0.784 bits per heavy atom. The van der Waals surface area contributed by atoms with Crippen LogP contribution in [-0.2, 0) is 15.1 Å². The van der Waals surface area contributed by atoms with Crippen molar-refractivity contribution in [1.82, 2.24) is 25.6 Å². The molecule has 0 atom stereocenters. The second-order valence-corrected chi connectivity index (χ2v) is 13.2. The average Bonchev–Trinajstić information content (AvgIpc) is 4.04. The van der Waals surface area contributed by atoms with E-state index < -0.39 is 36.1 Å². The fraction of sp³-hybridized carbons (Fsp3) is 0.314. The van der Waals surface area contributed by atoms with E-state index in [0.29, 0.717) is 28.5 Å². The van der Waals surface area contributed by atoms with Crippen LogP contribution in [0.3, 0.4) is 0 Å². The van der Waals surface area contributed by atoms with Gasteiger partial charge in [0.25, 0.3) is 5.91 Å². The van der Waals surface area contributed by atoms with Crippen LogP contribution >= 0.6 is 11.6 Å². The van der Waals surface area contributed by atoms with Crippen LogP contribution in [0.5, 0.6) is 6.01 Å². The summed E-state index contributed by atoms with van der Waals surface area (Å²) < 4.78 is 43.6. The number of rotatable bonds is 13. The molecule has 1 aromatic heterocycles. The van der Waals surface area contributed by atoms with Crippen molar-refractivity contribution in [2.24, 2.45) is 5.41 Å². The normalized spacial score (nSPS) is 15.2. The first-order valence-electron chi connectivity index (χ1n) is 16.1. The highest BCUT2D eigenvalue weighted by Gasteiger charge is 2.45. The number of benzene rings is 3. The first-order valence-corrected chi connectivity index (χ1v) is 16.5. The molecule has 2 saturated carbocycles. The lowest BCUT2D eigenvalue weighted by Crippen LogP contribution is -2.42. The number of aryl methyl sites for hydroxylation is 1. The first kappa shape index (κ1) is 35.4. The summed E-state index contributed by atoms with van der Waals surface area (Å²) in [6.45, 7) is 0.859. The molecule has 2 fully saturated rings. The smallest absolute Gasteiger partial charge is 0.422 e. The number of carbonyl (C=O) groups is 3. The standard InChI is InChI=1S/C35H34ClF3N8O4/c1-21-2-10-25(11-3-21)42-29(50)28(49)41-19-33(14-15-33)18-40-27(48)22-4-12-26(13-5-22)43-30-44-31(46-32(45-30)51-20-35(37,38)39)47-34(16-17-34)23-6-8-24(36)9-7-23/h2-13H,14-20H2,1H3,(H,40,48)(H,41,49)(H,42,50)(H2,43,44,45,46,47). The van der Waals surface area contributed by atoms with Gasteiger partial charge >= 0.3 is 24.0 Å². The van der Waals surface area contributed by atoms with E-state index in [1.165, 1.54) is 0 Å². The van der Waals surface area contributed by atoms with E-state index in [0.717, 1.165) is 36.8 Å². The van der Waals surface area contributed by atoms with Gasteiger partial charge < -0.3 is 31.3 Å². The topological polar surface area (TPSA) is 159 Å². The van der Waals surface area contributed by atoms with Crippen LogP contribution in [0.4, 0.5) is 36.4 Å². The largest absolute Gasteiger partial charge is 0.454 e. The lowest BCUT2D eigenvalue weighted by molar-refractivity contribution is -0.154. The highest BCUT2D eigenvalue weighted by atomic mass is 35.5. The summed E-state index contributed by atoms with van der Waals surface area (Å²) in [5, 5.41) is 14.8. The van der Waals surface area contributed by atoms with Gasteiger partial charge in [0, 0.05) is 40.5 Å². The van der Waals surface area contributed by atoms with Gasteiger partial charge in [0.1, 0.15) is 0 Å². The van der Waals surface area contributed by atoms with Crippen molar-refractivity contribution in [3.05, 3.63) is 94.5 Å². The number of aromatic nitrogens is 3. The van der Waals surface area contributed by atoms with Crippen LogP contribution < -0.4 is 31.3 Å². The molecule has 6 rings (SSSR count). The Labute approximate surface area is 296 Å². The van der Waals surface area contributed by atoms with Gasteiger partial charge in [-0.1, -0.05) is 41.4 Å². The summed E-state index contributed by atoms with van der Waals surface area (Å²) >= 11 is 6.03. The van der Waals surface area contributed by atoms with Gasteiger partial charge in [0.15, 0.2) is 6.61 Å². The molecule has 3 aromatic carbocycles. The van der Waals surface area contributed by atoms with Crippen molar-refractivity contribution < 1.29 is 32.3 Å². The zero-order valence-electron chi connectivity index (χ0n) is 27.4. The van der Waals surface area contributed by atoms with Crippen molar-refractivity contribution in [1.29, 1.82) is 0 Å². The predicted octanol–water partition coefficient (Wildman–Crippen LogP) is 5.88. The first-order chi connectivity index (χ1) is 24.3. The molecular weight excluding hydrogens is 689 g/mol. The minimum Gasteiger partial charge on any atom is -0.454 e. The quantitative estimate of drug-likeness (QED) is 0.106. The summed E-state index contributed by atoms with van der Waals surface area (Å²) in [7, 11) is 0. The van der Waals surface area contributed by atoms with Crippen molar-refractivity contribution in [2.75, 3.05) is 35.6 Å². The molecule has 2 aliphatic rings. The molecule has 0 unspecified atom stereocenters. The van der Waals surface area contributed by atoms with Gasteiger partial charge in [-0.05, 0) is 86.7 Å². The number of nitrogens with zero attached hydrogens (tertiary/aromatic N) is 3. The van der Waals surface area contributed by atoms with Crippen LogP contribution in [0.2, 0.25) is 5.02 Å². The molecule has 1 heterocycles. The van der Waals surface area contributed by atoms with Crippen LogP contribution in [0.1, 0.15) is 47.2 Å². The van der Waals surface area contributed by atoms with Crippen LogP contribution in [0, 0.1) is 12.3 Å². The fourth-order valence-electron chi connectivity index (χ4n) is 5.24. The SMILES string of the molecule is Cc1ccc(NC(=O)C(=O)NCC2(CNC(=O)c3ccc(Nc4nc(NC5(c6ccc(Cl)cc6)CC5)nc(OCC(F)(F)F)n4)cc3)CC2)cc1. The lowest BCUT2D eigenvalue weighted by atomic mass is 10.1. The lowest BCUT2D eigenvalue weighted by Gasteiger charge is -2.19. The molecule has 12 nitrogen and oxygen atoms in total. The number of hydrogen-bond acceptors (Lipinski definition) is 9. The molecule has 4 aromatic rings. The van der Waals surface area contributed by atoms with Gasteiger partial charge in [-0.2, -0.15) is 28.1 Å². The number of hydrogen-bond donors (Lipinski definition) is 5. The predicted molar refractivity (Wildman–Crippen MR) is 184 cm³/mol. The van der Waals surface area contributed by atoms with Gasteiger partial charge in [0.05, 0.1) is 5.54 Å². The van der Waals surface area contributed by atoms with Gasteiger partial charge in [0.2, 0.25) is 11.9 Å². The van der Waals surface area contributed by atoms with Gasteiger partial charge in [-0.25, -0.2) is 0 Å². The third kappa shape index (κ3) is 9.63. The van der Waals surface area contributed by atoms with Crippen LogP contribution in [0.15, 0.2) is 72.8 Å². The maximum atomic E-state index is 12.9. The summed E-state index contributed by atoms with van der Waals surface area (Å²) in [4.78, 5) is 50.0. The van der Waals surface area contributed by atoms with Gasteiger partial charge in [-0.15, -0.1) is 0 Å². The van der Waals surface area contributed by atoms with E-state index in [9.17, 15) is 27.6 Å². The van der Waals surface area contributed by atoms with Crippen LogP contribution in [-0.4, -0.2) is 58.5 Å². The Hall–Kier alpha value is -5.44. The number of ether oxygens (including phenoxy) is 1. The van der Waals surface area contributed by atoms with E-state index in [1.807, 2.05) is 31.2 Å².